The highest BCUT2D eigenvalue weighted by molar-refractivity contribution is 7.84. The third-order valence-corrected chi connectivity index (χ3v) is 5.34. The number of halogens is 2. The minimum absolute atomic E-state index is 0.0117. The summed E-state index contributed by atoms with van der Waals surface area (Å²) in [5, 5.41) is 2.83. The lowest BCUT2D eigenvalue weighted by atomic mass is 10.1. The number of nitrogens with one attached hydrogen (secondary N) is 1. The Hall–Kier alpha value is -3.33. The number of carbonyl (C=O) groups excluding carboxylic acids is 1. The van der Waals surface area contributed by atoms with Crippen LogP contribution < -0.4 is 14.8 Å². The quantitative estimate of drug-likeness (QED) is 0.521. The number of nitrogens with zero attached hydrogens (tertiary/aromatic N) is 1. The smallest absolute Gasteiger partial charge is 0.394 e. The normalized spacial score (nSPS) is 12.2. The van der Waals surface area contributed by atoms with Crippen LogP contribution in [0.1, 0.15) is 28.4 Å². The van der Waals surface area contributed by atoms with Crippen LogP contribution in [0.15, 0.2) is 65.7 Å². The van der Waals surface area contributed by atoms with E-state index in [1.807, 2.05) is 19.1 Å². The molecule has 2 aromatic carbocycles. The summed E-state index contributed by atoms with van der Waals surface area (Å²) in [6.45, 7) is 2.88. The second-order valence-electron chi connectivity index (χ2n) is 7.09. The van der Waals surface area contributed by atoms with E-state index in [0.717, 1.165) is 16.0 Å². The molecule has 1 heterocycles. The molecule has 1 atom stereocenters. The van der Waals surface area contributed by atoms with Crippen molar-refractivity contribution < 1.29 is 27.3 Å². The Balaban J connectivity index is 1.57. The van der Waals surface area contributed by atoms with E-state index in [1.54, 1.807) is 18.4 Å². The molecular formula is C23H22F2N2O4S. The highest BCUT2D eigenvalue weighted by Gasteiger charge is 2.23. The zero-order valence-corrected chi connectivity index (χ0v) is 18.5. The van der Waals surface area contributed by atoms with Gasteiger partial charge in [0.15, 0.2) is 0 Å². The van der Waals surface area contributed by atoms with Gasteiger partial charge in [-0.15, -0.1) is 0 Å². The second kappa shape index (κ2) is 9.86. The third kappa shape index (κ3) is 6.58. The SMILES string of the molecule is Cc1cc(S(C)=O)ccc1CNC(=O)c1ccc(Oc2ccc(OC(C)(F)F)cc2)nc1. The fourth-order valence-corrected chi connectivity index (χ4v) is 3.40. The number of rotatable bonds is 8. The van der Waals surface area contributed by atoms with Crippen LogP contribution in [0.2, 0.25) is 0 Å². The molecule has 1 N–H and O–H groups in total. The van der Waals surface area contributed by atoms with Crippen LogP contribution in [0.3, 0.4) is 0 Å². The first-order chi connectivity index (χ1) is 15.1. The zero-order valence-electron chi connectivity index (χ0n) is 17.7. The minimum atomic E-state index is -3.27. The van der Waals surface area contributed by atoms with Gasteiger partial charge >= 0.3 is 6.11 Å². The number of ether oxygens (including phenoxy) is 2. The van der Waals surface area contributed by atoms with Crippen molar-refractivity contribution in [2.24, 2.45) is 0 Å². The number of aromatic nitrogens is 1. The number of hydrogen-bond acceptors (Lipinski definition) is 5. The summed E-state index contributed by atoms with van der Waals surface area (Å²) < 4.78 is 47.3. The lowest BCUT2D eigenvalue weighted by Crippen LogP contribution is -2.23. The molecular weight excluding hydrogens is 438 g/mol. The number of aryl methyl sites for hydroxylation is 1. The molecule has 6 nitrogen and oxygen atoms in total. The zero-order chi connectivity index (χ0) is 23.3. The highest BCUT2D eigenvalue weighted by Crippen LogP contribution is 2.26. The molecule has 1 amide bonds. The first kappa shape index (κ1) is 23.3. The van der Waals surface area contributed by atoms with Crippen molar-refractivity contribution in [2.45, 2.75) is 31.4 Å². The van der Waals surface area contributed by atoms with Crippen molar-refractivity contribution in [1.29, 1.82) is 0 Å². The van der Waals surface area contributed by atoms with Crippen LogP contribution in [-0.4, -0.2) is 27.5 Å². The average Bonchev–Trinajstić information content (AvgIpc) is 2.73. The molecule has 0 spiro atoms. The summed E-state index contributed by atoms with van der Waals surface area (Å²) in [6, 6.07) is 14.3. The first-order valence-corrected chi connectivity index (χ1v) is 11.2. The summed E-state index contributed by atoms with van der Waals surface area (Å²) in [5.74, 6) is 0.342. The fourth-order valence-electron chi connectivity index (χ4n) is 2.80. The van der Waals surface area contributed by atoms with E-state index in [2.05, 4.69) is 15.0 Å². The summed E-state index contributed by atoms with van der Waals surface area (Å²) >= 11 is 0. The van der Waals surface area contributed by atoms with Gasteiger partial charge in [0.2, 0.25) is 5.88 Å². The third-order valence-electron chi connectivity index (χ3n) is 4.43. The largest absolute Gasteiger partial charge is 0.439 e. The average molecular weight is 461 g/mol. The number of alkyl halides is 2. The van der Waals surface area contributed by atoms with Crippen LogP contribution in [0.5, 0.6) is 17.4 Å². The Bertz CT molecular complexity index is 1110. The molecule has 0 saturated carbocycles. The van der Waals surface area contributed by atoms with E-state index >= 15 is 0 Å². The minimum Gasteiger partial charge on any atom is -0.439 e. The Kier molecular flexibility index (Phi) is 7.19. The molecule has 1 aromatic heterocycles. The van der Waals surface area contributed by atoms with Gasteiger partial charge in [0.25, 0.3) is 5.91 Å². The van der Waals surface area contributed by atoms with E-state index in [-0.39, 0.29) is 17.5 Å². The van der Waals surface area contributed by atoms with Gasteiger partial charge < -0.3 is 14.8 Å². The molecule has 32 heavy (non-hydrogen) atoms. The van der Waals surface area contributed by atoms with Crippen molar-refractivity contribution in [3.8, 4) is 17.4 Å². The molecule has 9 heteroatoms. The molecule has 0 aliphatic rings. The Labute approximate surface area is 187 Å². The maximum absolute atomic E-state index is 12.9. The fraction of sp³-hybridized carbons (Fsp3) is 0.217. The Morgan fingerprint density at radius 1 is 1.09 bits per heavy atom. The van der Waals surface area contributed by atoms with Gasteiger partial charge in [0.05, 0.1) is 5.56 Å². The predicted octanol–water partition coefficient (Wildman–Crippen LogP) is 4.84. The van der Waals surface area contributed by atoms with Crippen LogP contribution in [0, 0.1) is 6.92 Å². The number of pyridine rings is 1. The molecule has 0 saturated heterocycles. The number of benzene rings is 2. The monoisotopic (exact) mass is 460 g/mol. The Morgan fingerprint density at radius 2 is 1.78 bits per heavy atom. The lowest BCUT2D eigenvalue weighted by molar-refractivity contribution is -0.158. The van der Waals surface area contributed by atoms with Crippen molar-refractivity contribution in [3.63, 3.8) is 0 Å². The van der Waals surface area contributed by atoms with Gasteiger partial charge in [-0.1, -0.05) is 6.07 Å². The highest BCUT2D eigenvalue weighted by atomic mass is 32.2. The van der Waals surface area contributed by atoms with Gasteiger partial charge in [0.1, 0.15) is 11.5 Å². The molecule has 0 bridgehead atoms. The molecule has 1 unspecified atom stereocenters. The van der Waals surface area contributed by atoms with E-state index in [1.165, 1.54) is 36.5 Å². The number of hydrogen-bond donors (Lipinski definition) is 1. The topological polar surface area (TPSA) is 77.5 Å². The van der Waals surface area contributed by atoms with Gasteiger partial charge in [-0.25, -0.2) is 4.98 Å². The lowest BCUT2D eigenvalue weighted by Gasteiger charge is -2.13. The standard InChI is InChI=1S/C23H22F2N2O4S/c1-15-12-20(32(3)29)10-4-16(15)13-27-22(28)17-5-11-21(26-14-17)30-18-6-8-19(9-7-18)31-23(2,24)25/h4-12,14H,13H2,1-3H3,(H,27,28). The summed E-state index contributed by atoms with van der Waals surface area (Å²) in [7, 11) is -1.06. The molecule has 3 aromatic rings. The van der Waals surface area contributed by atoms with Gasteiger partial charge in [0, 0.05) is 47.7 Å². The summed E-state index contributed by atoms with van der Waals surface area (Å²) in [5.41, 5.74) is 2.22. The molecule has 0 radical (unpaired) electrons. The summed E-state index contributed by atoms with van der Waals surface area (Å²) in [4.78, 5) is 17.3. The first-order valence-electron chi connectivity index (χ1n) is 9.63. The van der Waals surface area contributed by atoms with Crippen LogP contribution in [0.25, 0.3) is 0 Å². The van der Waals surface area contributed by atoms with Crippen molar-refractivity contribution in [3.05, 3.63) is 77.5 Å². The van der Waals surface area contributed by atoms with Crippen LogP contribution in [0.4, 0.5) is 8.78 Å². The second-order valence-corrected chi connectivity index (χ2v) is 8.47. The van der Waals surface area contributed by atoms with Crippen LogP contribution in [-0.2, 0) is 17.3 Å². The van der Waals surface area contributed by atoms with E-state index in [0.29, 0.717) is 24.8 Å². The van der Waals surface area contributed by atoms with Gasteiger partial charge in [-0.2, -0.15) is 8.78 Å². The van der Waals surface area contributed by atoms with E-state index in [9.17, 15) is 17.8 Å². The molecule has 168 valence electrons. The van der Waals surface area contributed by atoms with Crippen molar-refractivity contribution in [1.82, 2.24) is 10.3 Å². The molecule has 0 aliphatic carbocycles. The Morgan fingerprint density at radius 3 is 2.34 bits per heavy atom. The van der Waals surface area contributed by atoms with E-state index in [4.69, 9.17) is 4.74 Å². The predicted molar refractivity (Wildman–Crippen MR) is 117 cm³/mol. The van der Waals surface area contributed by atoms with E-state index < -0.39 is 16.9 Å². The maximum atomic E-state index is 12.9. The molecule has 0 fully saturated rings. The van der Waals surface area contributed by atoms with Crippen LogP contribution >= 0.6 is 0 Å². The molecule has 3 rings (SSSR count). The van der Waals surface area contributed by atoms with Crippen molar-refractivity contribution >= 4 is 16.7 Å². The molecule has 0 aliphatic heterocycles. The maximum Gasteiger partial charge on any atom is 0.394 e. The number of amides is 1. The van der Waals surface area contributed by atoms with Gasteiger partial charge in [-0.05, 0) is 60.5 Å². The number of carbonyl (C=O) groups is 1. The van der Waals surface area contributed by atoms with Gasteiger partial charge in [-0.3, -0.25) is 9.00 Å². The van der Waals surface area contributed by atoms with Crippen molar-refractivity contribution in [2.75, 3.05) is 6.26 Å². The summed E-state index contributed by atoms with van der Waals surface area (Å²) in [6.07, 6.45) is -0.262.